The van der Waals surface area contributed by atoms with Crippen LogP contribution in [0.5, 0.6) is 5.75 Å². The quantitative estimate of drug-likeness (QED) is 0.606. The van der Waals surface area contributed by atoms with Crippen LogP contribution in [0.15, 0.2) is 48.0 Å². The van der Waals surface area contributed by atoms with Gasteiger partial charge in [-0.15, -0.1) is 11.3 Å². The molecule has 1 unspecified atom stereocenters. The van der Waals surface area contributed by atoms with E-state index in [-0.39, 0.29) is 24.4 Å². The van der Waals surface area contributed by atoms with E-state index in [2.05, 4.69) is 10.3 Å². The lowest BCUT2D eigenvalue weighted by molar-refractivity contribution is -0.128. The minimum absolute atomic E-state index is 0.0181. The summed E-state index contributed by atoms with van der Waals surface area (Å²) in [6.07, 6.45) is 6.61. The first-order valence-corrected chi connectivity index (χ1v) is 12.3. The van der Waals surface area contributed by atoms with Crippen molar-refractivity contribution < 1.29 is 14.3 Å². The predicted molar refractivity (Wildman–Crippen MR) is 128 cm³/mol. The number of carbonyl (C=O) groups excluding carboxylic acids is 2. The smallest absolute Gasteiger partial charge is 0.268 e. The van der Waals surface area contributed by atoms with Gasteiger partial charge in [0, 0.05) is 23.2 Å². The molecule has 3 heterocycles. The number of nitrogens with zero attached hydrogens (tertiary/aromatic N) is 3. The molecular weight excluding hydrogens is 436 g/mol. The highest BCUT2D eigenvalue weighted by Gasteiger charge is 2.33. The molecule has 1 aliphatic carbocycles. The number of carbonyl (C=O) groups is 2. The SMILES string of the molecule is CC1Oc2ccc(-c3csc(-c4ccccn4)n3)cc2N(CC(=O)NC2CCCCC2)C1=O. The first kappa shape index (κ1) is 21.6. The molecule has 1 N–H and O–H groups in total. The van der Waals surface area contributed by atoms with Crippen molar-refractivity contribution in [1.29, 1.82) is 0 Å². The summed E-state index contributed by atoms with van der Waals surface area (Å²) in [5.41, 5.74) is 3.07. The van der Waals surface area contributed by atoms with Crippen LogP contribution in [-0.2, 0) is 9.59 Å². The van der Waals surface area contributed by atoms with Gasteiger partial charge in [0.05, 0.1) is 17.1 Å². The third-order valence-corrected chi connectivity index (χ3v) is 6.99. The number of fused-ring (bicyclic) bond motifs is 1. The topological polar surface area (TPSA) is 84.4 Å². The zero-order valence-corrected chi connectivity index (χ0v) is 19.3. The van der Waals surface area contributed by atoms with Gasteiger partial charge in [0.25, 0.3) is 5.91 Å². The Bertz CT molecular complexity index is 1160. The van der Waals surface area contributed by atoms with E-state index in [9.17, 15) is 9.59 Å². The molecule has 0 radical (unpaired) electrons. The van der Waals surface area contributed by atoms with Gasteiger partial charge in [0.1, 0.15) is 17.3 Å². The van der Waals surface area contributed by atoms with Crippen LogP contribution in [0, 0.1) is 0 Å². The van der Waals surface area contributed by atoms with E-state index in [4.69, 9.17) is 9.72 Å². The fourth-order valence-corrected chi connectivity index (χ4v) is 5.21. The fourth-order valence-electron chi connectivity index (χ4n) is 4.41. The van der Waals surface area contributed by atoms with E-state index in [1.165, 1.54) is 22.7 Å². The summed E-state index contributed by atoms with van der Waals surface area (Å²) in [5.74, 6) is 0.245. The summed E-state index contributed by atoms with van der Waals surface area (Å²) in [6, 6.07) is 11.6. The van der Waals surface area contributed by atoms with E-state index < -0.39 is 6.10 Å². The van der Waals surface area contributed by atoms with Gasteiger partial charge in [-0.05, 0) is 50.1 Å². The van der Waals surface area contributed by atoms with Crippen LogP contribution in [0.25, 0.3) is 22.0 Å². The fraction of sp³-hybridized carbons (Fsp3) is 0.360. The highest BCUT2D eigenvalue weighted by molar-refractivity contribution is 7.13. The molecular formula is C25H26N4O3S. The van der Waals surface area contributed by atoms with Crippen molar-refractivity contribution in [1.82, 2.24) is 15.3 Å². The summed E-state index contributed by atoms with van der Waals surface area (Å²) < 4.78 is 5.82. The van der Waals surface area contributed by atoms with E-state index in [1.54, 1.807) is 13.1 Å². The number of rotatable bonds is 5. The number of nitrogens with one attached hydrogen (secondary N) is 1. The second-order valence-corrected chi connectivity index (χ2v) is 9.38. The molecule has 1 aromatic carbocycles. The number of amides is 2. The van der Waals surface area contributed by atoms with Gasteiger partial charge in [-0.1, -0.05) is 25.3 Å². The first-order valence-electron chi connectivity index (χ1n) is 11.4. The Morgan fingerprint density at radius 3 is 2.82 bits per heavy atom. The number of aromatic nitrogens is 2. The molecule has 1 fully saturated rings. The molecule has 0 spiro atoms. The van der Waals surface area contributed by atoms with Gasteiger partial charge >= 0.3 is 0 Å². The normalized spacial score (nSPS) is 18.5. The monoisotopic (exact) mass is 462 g/mol. The third kappa shape index (κ3) is 4.61. The van der Waals surface area contributed by atoms with Crippen LogP contribution in [-0.4, -0.2) is 40.5 Å². The van der Waals surface area contributed by atoms with Crippen LogP contribution in [0.4, 0.5) is 5.69 Å². The Labute approximate surface area is 196 Å². The predicted octanol–water partition coefficient (Wildman–Crippen LogP) is 4.43. The number of hydrogen-bond donors (Lipinski definition) is 1. The number of anilines is 1. The second-order valence-electron chi connectivity index (χ2n) is 8.52. The van der Waals surface area contributed by atoms with Gasteiger partial charge < -0.3 is 10.1 Å². The minimum atomic E-state index is -0.638. The van der Waals surface area contributed by atoms with Crippen LogP contribution in [0.2, 0.25) is 0 Å². The zero-order valence-electron chi connectivity index (χ0n) is 18.5. The zero-order chi connectivity index (χ0) is 22.8. The van der Waals surface area contributed by atoms with Crippen molar-refractivity contribution in [2.24, 2.45) is 0 Å². The summed E-state index contributed by atoms with van der Waals surface area (Å²) >= 11 is 1.52. The van der Waals surface area contributed by atoms with Crippen LogP contribution in [0.1, 0.15) is 39.0 Å². The highest BCUT2D eigenvalue weighted by Crippen LogP contribution is 2.38. The lowest BCUT2D eigenvalue weighted by Gasteiger charge is -2.33. The Kier molecular flexibility index (Phi) is 6.09. The Hall–Kier alpha value is -3.26. The second kappa shape index (κ2) is 9.31. The molecule has 0 saturated heterocycles. The van der Waals surface area contributed by atoms with Crippen molar-refractivity contribution in [3.05, 3.63) is 48.0 Å². The van der Waals surface area contributed by atoms with Crippen molar-refractivity contribution in [2.75, 3.05) is 11.4 Å². The molecule has 1 aliphatic heterocycles. The van der Waals surface area contributed by atoms with Crippen LogP contribution >= 0.6 is 11.3 Å². The van der Waals surface area contributed by atoms with E-state index in [1.807, 2.05) is 41.8 Å². The third-order valence-electron chi connectivity index (χ3n) is 6.12. The molecule has 0 bridgehead atoms. The van der Waals surface area contributed by atoms with Crippen LogP contribution in [0.3, 0.4) is 0 Å². The number of benzene rings is 1. The Morgan fingerprint density at radius 2 is 2.03 bits per heavy atom. The molecule has 7 nitrogen and oxygen atoms in total. The molecule has 33 heavy (non-hydrogen) atoms. The van der Waals surface area contributed by atoms with Crippen molar-refractivity contribution >= 4 is 28.8 Å². The summed E-state index contributed by atoms with van der Waals surface area (Å²) in [7, 11) is 0. The van der Waals surface area contributed by atoms with Gasteiger partial charge in [-0.25, -0.2) is 4.98 Å². The average molecular weight is 463 g/mol. The first-order chi connectivity index (χ1) is 16.1. The number of thiazole rings is 1. The largest absolute Gasteiger partial charge is 0.479 e. The Morgan fingerprint density at radius 1 is 1.18 bits per heavy atom. The molecule has 5 rings (SSSR count). The maximum atomic E-state index is 13.0. The van der Waals surface area contributed by atoms with Crippen molar-refractivity contribution in [2.45, 2.75) is 51.2 Å². The van der Waals surface area contributed by atoms with Gasteiger partial charge in [0.15, 0.2) is 6.10 Å². The molecule has 170 valence electrons. The Balaban J connectivity index is 1.40. The molecule has 2 aliphatic rings. The highest BCUT2D eigenvalue weighted by atomic mass is 32.1. The van der Waals surface area contributed by atoms with E-state index in [0.717, 1.165) is 47.6 Å². The standard InChI is InChI=1S/C25H26N4O3S/c1-16-25(31)29(14-23(30)27-18-7-3-2-4-8-18)21-13-17(10-11-22(21)32-16)20-15-33-24(28-20)19-9-5-6-12-26-19/h5-6,9-13,15-16,18H,2-4,7-8,14H2,1H3,(H,27,30). The summed E-state index contributed by atoms with van der Waals surface area (Å²) in [4.78, 5) is 36.4. The molecule has 2 aromatic heterocycles. The number of pyridine rings is 1. The molecule has 3 aromatic rings. The van der Waals surface area contributed by atoms with Crippen molar-refractivity contribution in [3.63, 3.8) is 0 Å². The lowest BCUT2D eigenvalue weighted by Crippen LogP contribution is -2.50. The maximum Gasteiger partial charge on any atom is 0.268 e. The van der Waals surface area contributed by atoms with E-state index >= 15 is 0 Å². The van der Waals surface area contributed by atoms with Gasteiger partial charge in [-0.3, -0.25) is 19.5 Å². The molecule has 2 amide bonds. The minimum Gasteiger partial charge on any atom is -0.479 e. The van der Waals surface area contributed by atoms with Crippen LogP contribution < -0.4 is 15.0 Å². The average Bonchev–Trinajstić information content (AvgIpc) is 3.33. The molecule has 8 heteroatoms. The van der Waals surface area contributed by atoms with Gasteiger partial charge in [-0.2, -0.15) is 0 Å². The summed E-state index contributed by atoms with van der Waals surface area (Å²) in [5, 5.41) is 5.91. The lowest BCUT2D eigenvalue weighted by atomic mass is 9.95. The van der Waals surface area contributed by atoms with Gasteiger partial charge in [0.2, 0.25) is 5.91 Å². The summed E-state index contributed by atoms with van der Waals surface area (Å²) in [6.45, 7) is 1.69. The maximum absolute atomic E-state index is 13.0. The number of hydrogen-bond acceptors (Lipinski definition) is 6. The number of ether oxygens (including phenoxy) is 1. The van der Waals surface area contributed by atoms with E-state index in [0.29, 0.717) is 11.4 Å². The molecule has 1 atom stereocenters. The molecule has 1 saturated carbocycles. The van der Waals surface area contributed by atoms with Crippen molar-refractivity contribution in [3.8, 4) is 27.7 Å².